The Balaban J connectivity index is 1.83. The lowest BCUT2D eigenvalue weighted by Crippen LogP contribution is -2.49. The minimum atomic E-state index is -0.572. The summed E-state index contributed by atoms with van der Waals surface area (Å²) in [5, 5.41) is 3.02. The third kappa shape index (κ3) is 5.04. The molecule has 2 aromatic heterocycles. The summed E-state index contributed by atoms with van der Waals surface area (Å²) in [5.41, 5.74) is 0.964. The molecular weight excluding hydrogens is 478 g/mol. The van der Waals surface area contributed by atoms with Crippen LogP contribution < -0.4 is 21.5 Å². The number of piperidine rings is 1. The average molecular weight is 514 g/mol. The van der Waals surface area contributed by atoms with Crippen LogP contribution in [0, 0.1) is 0 Å². The largest absolute Gasteiger partial charge is 0.444 e. The normalized spacial score (nSPS) is 16.4. The van der Waals surface area contributed by atoms with Crippen molar-refractivity contribution in [3.8, 4) is 0 Å². The van der Waals surface area contributed by atoms with Crippen molar-refractivity contribution in [2.75, 3.05) is 24.2 Å². The van der Waals surface area contributed by atoms with Gasteiger partial charge in [-0.05, 0) is 45.4 Å². The van der Waals surface area contributed by atoms with Crippen LogP contribution >= 0.6 is 11.8 Å². The number of carbonyl (C=O) groups excluding carboxylic acids is 1. The van der Waals surface area contributed by atoms with E-state index in [2.05, 4.69) is 10.2 Å². The fraction of sp³-hybridized carbons (Fsp3) is 0.500. The summed E-state index contributed by atoms with van der Waals surface area (Å²) in [6, 6.07) is 9.88. The number of hydrogen-bond donors (Lipinski definition) is 1. The zero-order valence-corrected chi connectivity index (χ0v) is 22.6. The lowest BCUT2D eigenvalue weighted by Gasteiger charge is -2.36. The number of hydrogen-bond acceptors (Lipinski definition) is 6. The van der Waals surface area contributed by atoms with E-state index in [0.717, 1.165) is 35.7 Å². The van der Waals surface area contributed by atoms with E-state index in [1.165, 1.54) is 23.4 Å². The Morgan fingerprint density at radius 1 is 1.11 bits per heavy atom. The van der Waals surface area contributed by atoms with Gasteiger partial charge in [0.1, 0.15) is 16.9 Å². The van der Waals surface area contributed by atoms with Crippen LogP contribution in [0.2, 0.25) is 0 Å². The Bertz CT molecular complexity index is 1380. The monoisotopic (exact) mass is 513 g/mol. The zero-order valence-electron chi connectivity index (χ0n) is 21.8. The third-order valence-electron chi connectivity index (χ3n) is 6.41. The van der Waals surface area contributed by atoms with Crippen LogP contribution in [0.5, 0.6) is 0 Å². The van der Waals surface area contributed by atoms with E-state index in [9.17, 15) is 14.4 Å². The summed E-state index contributed by atoms with van der Waals surface area (Å²) in [7, 11) is 3.23. The number of nitrogens with zero attached hydrogens (tertiary/aromatic N) is 4. The van der Waals surface area contributed by atoms with Crippen LogP contribution in [0.3, 0.4) is 0 Å². The topological polar surface area (TPSA) is 90.5 Å². The second kappa shape index (κ2) is 10.1. The van der Waals surface area contributed by atoms with Gasteiger partial charge in [0, 0.05) is 39.8 Å². The molecule has 1 amide bonds. The van der Waals surface area contributed by atoms with Gasteiger partial charge in [-0.25, -0.2) is 9.59 Å². The van der Waals surface area contributed by atoms with Crippen molar-refractivity contribution < 1.29 is 9.53 Å². The van der Waals surface area contributed by atoms with Crippen LogP contribution in [-0.2, 0) is 25.4 Å². The number of amides is 1. The summed E-state index contributed by atoms with van der Waals surface area (Å²) in [6.07, 6.45) is 3.25. The second-order valence-corrected chi connectivity index (χ2v) is 11.1. The average Bonchev–Trinajstić information content (AvgIpc) is 3.15. The van der Waals surface area contributed by atoms with Gasteiger partial charge in [0.2, 0.25) is 0 Å². The molecule has 0 spiro atoms. The predicted molar refractivity (Wildman–Crippen MR) is 144 cm³/mol. The molecule has 1 unspecified atom stereocenters. The van der Waals surface area contributed by atoms with Crippen LogP contribution in [0.15, 0.2) is 44.8 Å². The predicted octanol–water partition coefficient (Wildman–Crippen LogP) is 3.30. The molecule has 1 fully saturated rings. The molecule has 10 heteroatoms. The Kier molecular flexibility index (Phi) is 7.26. The number of aryl methyl sites for hydroxylation is 1. The van der Waals surface area contributed by atoms with Gasteiger partial charge in [-0.15, -0.1) is 11.8 Å². The quantitative estimate of drug-likeness (QED) is 0.527. The van der Waals surface area contributed by atoms with E-state index < -0.39 is 11.7 Å². The SMILES string of the molecule is CSc1c(N2CCCC(NC(=O)OC(C)(C)C)C2)n(Cc2ccccc2)c2c(=O)n(C)c(=O)n(C)c12. The van der Waals surface area contributed by atoms with Gasteiger partial charge in [-0.3, -0.25) is 13.9 Å². The highest BCUT2D eigenvalue weighted by Crippen LogP contribution is 2.39. The molecule has 0 aliphatic carbocycles. The molecule has 0 radical (unpaired) electrons. The molecule has 1 atom stereocenters. The first-order valence-electron chi connectivity index (χ1n) is 12.2. The number of thioether (sulfide) groups is 1. The van der Waals surface area contributed by atoms with E-state index in [1.54, 1.807) is 11.6 Å². The zero-order chi connectivity index (χ0) is 26.2. The number of nitrogens with one attached hydrogen (secondary N) is 1. The maximum Gasteiger partial charge on any atom is 0.407 e. The lowest BCUT2D eigenvalue weighted by molar-refractivity contribution is 0.0500. The van der Waals surface area contributed by atoms with Crippen LogP contribution in [0.1, 0.15) is 39.2 Å². The highest BCUT2D eigenvalue weighted by molar-refractivity contribution is 7.99. The van der Waals surface area contributed by atoms with Gasteiger partial charge in [-0.1, -0.05) is 30.3 Å². The number of ether oxygens (including phenoxy) is 1. The Hall–Kier alpha value is -3.14. The highest BCUT2D eigenvalue weighted by Gasteiger charge is 2.31. The number of rotatable bonds is 5. The Labute approximate surface area is 215 Å². The lowest BCUT2D eigenvalue weighted by atomic mass is 10.1. The minimum Gasteiger partial charge on any atom is -0.444 e. The number of aromatic nitrogens is 3. The van der Waals surface area contributed by atoms with Crippen molar-refractivity contribution >= 4 is 34.7 Å². The van der Waals surface area contributed by atoms with E-state index in [1.807, 2.05) is 61.9 Å². The number of fused-ring (bicyclic) bond motifs is 1. The van der Waals surface area contributed by atoms with Crippen LogP contribution in [0.25, 0.3) is 11.0 Å². The summed E-state index contributed by atoms with van der Waals surface area (Å²) >= 11 is 1.53. The molecule has 1 aromatic carbocycles. The summed E-state index contributed by atoms with van der Waals surface area (Å²) < 4.78 is 10.2. The van der Waals surface area contributed by atoms with Crippen molar-refractivity contribution in [2.45, 2.75) is 56.7 Å². The number of benzene rings is 1. The minimum absolute atomic E-state index is 0.0989. The van der Waals surface area contributed by atoms with Gasteiger partial charge in [0.05, 0.1) is 10.4 Å². The summed E-state index contributed by atoms with van der Waals surface area (Å²) in [4.78, 5) is 41.9. The molecule has 36 heavy (non-hydrogen) atoms. The molecule has 1 saturated heterocycles. The maximum atomic E-state index is 13.4. The van der Waals surface area contributed by atoms with E-state index in [0.29, 0.717) is 24.1 Å². The Morgan fingerprint density at radius 2 is 1.81 bits per heavy atom. The van der Waals surface area contributed by atoms with Gasteiger partial charge >= 0.3 is 11.8 Å². The standard InChI is InChI=1S/C26H35N5O4S/c1-26(2,3)35-24(33)27-18-13-10-14-30(16-18)22-21(36-6)19-20(23(32)29(5)25(34)28(19)4)31(22)15-17-11-8-7-9-12-17/h7-9,11-12,18H,10,13-16H2,1-6H3,(H,27,33). The van der Waals surface area contributed by atoms with Crippen molar-refractivity contribution in [2.24, 2.45) is 14.1 Å². The molecular formula is C26H35N5O4S. The molecule has 3 heterocycles. The van der Waals surface area contributed by atoms with Crippen molar-refractivity contribution in [3.63, 3.8) is 0 Å². The van der Waals surface area contributed by atoms with E-state index in [4.69, 9.17) is 4.74 Å². The van der Waals surface area contributed by atoms with Crippen molar-refractivity contribution in [1.29, 1.82) is 0 Å². The van der Waals surface area contributed by atoms with Crippen molar-refractivity contribution in [1.82, 2.24) is 19.0 Å². The molecule has 1 N–H and O–H groups in total. The van der Waals surface area contributed by atoms with Gasteiger partial charge in [0.15, 0.2) is 0 Å². The number of carbonyl (C=O) groups is 1. The third-order valence-corrected chi connectivity index (χ3v) is 7.20. The maximum absolute atomic E-state index is 13.4. The molecule has 9 nitrogen and oxygen atoms in total. The van der Waals surface area contributed by atoms with Gasteiger partial charge < -0.3 is 19.5 Å². The van der Waals surface area contributed by atoms with E-state index in [-0.39, 0.29) is 17.3 Å². The first kappa shape index (κ1) is 25.9. The fourth-order valence-corrected chi connectivity index (χ4v) is 5.70. The number of alkyl carbamates (subject to hydrolysis) is 1. The molecule has 1 aliphatic rings. The fourth-order valence-electron chi connectivity index (χ4n) is 4.85. The van der Waals surface area contributed by atoms with Gasteiger partial charge in [0.25, 0.3) is 5.56 Å². The summed E-state index contributed by atoms with van der Waals surface area (Å²) in [5.74, 6) is 0.898. The smallest absolute Gasteiger partial charge is 0.407 e. The second-order valence-electron chi connectivity index (χ2n) is 10.3. The molecule has 3 aromatic rings. The van der Waals surface area contributed by atoms with E-state index >= 15 is 0 Å². The molecule has 1 aliphatic heterocycles. The molecule has 194 valence electrons. The van der Waals surface area contributed by atoms with Crippen LogP contribution in [-0.4, -0.2) is 50.8 Å². The van der Waals surface area contributed by atoms with Crippen LogP contribution in [0.4, 0.5) is 10.6 Å². The highest BCUT2D eigenvalue weighted by atomic mass is 32.2. The Morgan fingerprint density at radius 3 is 2.44 bits per heavy atom. The number of anilines is 1. The molecule has 4 rings (SSSR count). The summed E-state index contributed by atoms with van der Waals surface area (Å²) in [6.45, 7) is 7.37. The molecule has 0 saturated carbocycles. The first-order valence-corrected chi connectivity index (χ1v) is 13.4. The van der Waals surface area contributed by atoms with Crippen molar-refractivity contribution in [3.05, 3.63) is 56.7 Å². The van der Waals surface area contributed by atoms with Gasteiger partial charge in [-0.2, -0.15) is 0 Å². The molecule has 0 bridgehead atoms. The first-order chi connectivity index (χ1) is 17.0.